The Morgan fingerprint density at radius 2 is 1.92 bits per heavy atom. The Balaban J connectivity index is 1.41. The van der Waals surface area contributed by atoms with Crippen molar-refractivity contribution in [3.63, 3.8) is 0 Å². The molecular formula is C24H25F3N6O3S. The molecule has 1 aliphatic heterocycles. The quantitative estimate of drug-likeness (QED) is 0.378. The van der Waals surface area contributed by atoms with Crippen LogP contribution in [0.1, 0.15) is 11.3 Å². The van der Waals surface area contributed by atoms with Gasteiger partial charge in [0, 0.05) is 37.0 Å². The molecule has 5 rings (SSSR count). The Labute approximate surface area is 214 Å². The normalized spacial score (nSPS) is 14.8. The lowest BCUT2D eigenvalue weighted by Crippen LogP contribution is -2.38. The molecule has 0 atom stereocenters. The number of hydrogen-bond donors (Lipinski definition) is 1. The van der Waals surface area contributed by atoms with Crippen molar-refractivity contribution < 1.29 is 27.4 Å². The molecule has 0 bridgehead atoms. The van der Waals surface area contributed by atoms with Gasteiger partial charge in [0.15, 0.2) is 11.5 Å². The number of nitrogens with two attached hydrogens (primary N) is 1. The second kappa shape index (κ2) is 10.1. The number of anilines is 1. The monoisotopic (exact) mass is 534 g/mol. The lowest BCUT2D eigenvalue weighted by atomic mass is 10.1. The average molecular weight is 535 g/mol. The first kappa shape index (κ1) is 25.2. The van der Waals surface area contributed by atoms with Gasteiger partial charge in [-0.15, -0.1) is 0 Å². The summed E-state index contributed by atoms with van der Waals surface area (Å²) in [6.45, 7) is 6.25. The van der Waals surface area contributed by atoms with E-state index in [-0.39, 0.29) is 5.56 Å². The van der Waals surface area contributed by atoms with Gasteiger partial charge in [0.1, 0.15) is 17.4 Å². The maximum absolute atomic E-state index is 13.4. The van der Waals surface area contributed by atoms with Crippen LogP contribution in [0.5, 0.6) is 11.5 Å². The summed E-state index contributed by atoms with van der Waals surface area (Å²) in [5, 5.41) is 5.27. The average Bonchev–Trinajstić information content (AvgIpc) is 3.41. The first-order valence-electron chi connectivity index (χ1n) is 11.5. The SMILES string of the molecule is COc1cc(-c2nn3c(-c4cnc(N)c(C(F)(F)F)c4)c(C)nc3s2)ccc1OCCN1CCOCC1. The molecule has 4 heterocycles. The van der Waals surface area contributed by atoms with Gasteiger partial charge in [0.05, 0.1) is 37.3 Å². The molecule has 13 heteroatoms. The van der Waals surface area contributed by atoms with Gasteiger partial charge in [0.25, 0.3) is 0 Å². The molecular weight excluding hydrogens is 509 g/mol. The maximum atomic E-state index is 13.4. The third-order valence-corrected chi connectivity index (χ3v) is 7.01. The topological polar surface area (TPSA) is 100 Å². The molecule has 1 fully saturated rings. The highest BCUT2D eigenvalue weighted by molar-refractivity contribution is 7.19. The highest BCUT2D eigenvalue weighted by Gasteiger charge is 2.34. The molecule has 0 aliphatic carbocycles. The number of fused-ring (bicyclic) bond motifs is 1. The summed E-state index contributed by atoms with van der Waals surface area (Å²) < 4.78 is 58.6. The Morgan fingerprint density at radius 3 is 2.65 bits per heavy atom. The number of aromatic nitrogens is 4. The van der Waals surface area contributed by atoms with Gasteiger partial charge in [0.2, 0.25) is 4.96 Å². The number of hydrogen-bond acceptors (Lipinski definition) is 9. The molecule has 3 aromatic heterocycles. The minimum atomic E-state index is -4.62. The van der Waals surface area contributed by atoms with Gasteiger partial charge >= 0.3 is 6.18 Å². The van der Waals surface area contributed by atoms with Crippen LogP contribution in [-0.2, 0) is 10.9 Å². The van der Waals surface area contributed by atoms with Crippen LogP contribution in [0.4, 0.5) is 19.0 Å². The molecule has 1 aromatic carbocycles. The van der Waals surface area contributed by atoms with E-state index in [1.54, 1.807) is 14.0 Å². The first-order valence-corrected chi connectivity index (χ1v) is 12.4. The fraction of sp³-hybridized carbons (Fsp3) is 0.375. The summed E-state index contributed by atoms with van der Waals surface area (Å²) in [5.74, 6) is 0.597. The van der Waals surface area contributed by atoms with E-state index in [0.717, 1.165) is 44.5 Å². The van der Waals surface area contributed by atoms with Gasteiger partial charge in [-0.2, -0.15) is 18.3 Å². The third-order valence-electron chi connectivity index (χ3n) is 6.05. The molecule has 1 saturated heterocycles. The van der Waals surface area contributed by atoms with Crippen LogP contribution < -0.4 is 15.2 Å². The molecule has 0 radical (unpaired) electrons. The van der Waals surface area contributed by atoms with Gasteiger partial charge < -0.3 is 19.9 Å². The second-order valence-corrected chi connectivity index (χ2v) is 9.43. The van der Waals surface area contributed by atoms with Gasteiger partial charge in [-0.1, -0.05) is 11.3 Å². The third kappa shape index (κ3) is 5.20. The Hall–Kier alpha value is -3.42. The van der Waals surface area contributed by atoms with E-state index in [0.29, 0.717) is 39.5 Å². The van der Waals surface area contributed by atoms with E-state index < -0.39 is 17.6 Å². The van der Waals surface area contributed by atoms with Crippen LogP contribution in [-0.4, -0.2) is 71.0 Å². The number of nitrogen functional groups attached to an aromatic ring is 1. The summed E-state index contributed by atoms with van der Waals surface area (Å²) in [4.78, 5) is 11.1. The minimum absolute atomic E-state index is 0.227. The molecule has 0 spiro atoms. The number of morpholine rings is 1. The molecule has 0 unspecified atom stereocenters. The van der Waals surface area contributed by atoms with Crippen molar-refractivity contribution in [3.05, 3.63) is 41.7 Å². The van der Waals surface area contributed by atoms with Crippen molar-refractivity contribution in [3.8, 4) is 33.3 Å². The zero-order valence-corrected chi connectivity index (χ0v) is 21.0. The first-order chi connectivity index (χ1) is 17.7. The number of pyridine rings is 1. The van der Waals surface area contributed by atoms with Crippen LogP contribution in [0.2, 0.25) is 0 Å². The van der Waals surface area contributed by atoms with Gasteiger partial charge in [-0.25, -0.2) is 14.5 Å². The summed E-state index contributed by atoms with van der Waals surface area (Å²) in [7, 11) is 1.57. The van der Waals surface area contributed by atoms with E-state index in [2.05, 4.69) is 20.0 Å². The van der Waals surface area contributed by atoms with Crippen molar-refractivity contribution in [1.82, 2.24) is 24.5 Å². The Bertz CT molecular complexity index is 1410. The maximum Gasteiger partial charge on any atom is 0.419 e. The van der Waals surface area contributed by atoms with E-state index in [1.807, 2.05) is 18.2 Å². The van der Waals surface area contributed by atoms with Crippen LogP contribution in [0, 0.1) is 6.92 Å². The molecule has 2 N–H and O–H groups in total. The zero-order chi connectivity index (χ0) is 26.2. The highest BCUT2D eigenvalue weighted by atomic mass is 32.1. The highest BCUT2D eigenvalue weighted by Crippen LogP contribution is 2.38. The lowest BCUT2D eigenvalue weighted by molar-refractivity contribution is -0.137. The predicted octanol–water partition coefficient (Wildman–Crippen LogP) is 4.15. The number of imidazole rings is 1. The van der Waals surface area contributed by atoms with Gasteiger partial charge in [-0.3, -0.25) is 4.90 Å². The van der Waals surface area contributed by atoms with E-state index >= 15 is 0 Å². The molecule has 1 aliphatic rings. The molecule has 0 amide bonds. The van der Waals surface area contributed by atoms with Crippen molar-refractivity contribution in [2.75, 3.05) is 52.3 Å². The van der Waals surface area contributed by atoms with Crippen LogP contribution in [0.25, 0.3) is 26.8 Å². The van der Waals surface area contributed by atoms with Crippen molar-refractivity contribution in [2.45, 2.75) is 13.1 Å². The Morgan fingerprint density at radius 1 is 1.14 bits per heavy atom. The molecule has 9 nitrogen and oxygen atoms in total. The second-order valence-electron chi connectivity index (χ2n) is 8.47. The molecule has 0 saturated carbocycles. The number of aryl methyl sites for hydroxylation is 1. The van der Waals surface area contributed by atoms with Crippen LogP contribution in [0.3, 0.4) is 0 Å². The van der Waals surface area contributed by atoms with Crippen molar-refractivity contribution in [2.24, 2.45) is 0 Å². The summed E-state index contributed by atoms with van der Waals surface area (Å²) in [6.07, 6.45) is -3.33. The number of ether oxygens (including phenoxy) is 3. The van der Waals surface area contributed by atoms with E-state index in [9.17, 15) is 13.2 Å². The fourth-order valence-corrected chi connectivity index (χ4v) is 5.10. The van der Waals surface area contributed by atoms with Gasteiger partial charge in [-0.05, 0) is 31.2 Å². The minimum Gasteiger partial charge on any atom is -0.493 e. The largest absolute Gasteiger partial charge is 0.493 e. The number of alkyl halides is 3. The lowest BCUT2D eigenvalue weighted by Gasteiger charge is -2.26. The molecule has 196 valence electrons. The fourth-order valence-electron chi connectivity index (χ4n) is 4.16. The number of benzene rings is 1. The summed E-state index contributed by atoms with van der Waals surface area (Å²) in [6, 6.07) is 6.48. The number of nitrogens with zero attached hydrogens (tertiary/aromatic N) is 5. The van der Waals surface area contributed by atoms with E-state index in [1.165, 1.54) is 22.0 Å². The Kier molecular flexibility index (Phi) is 6.92. The van der Waals surface area contributed by atoms with Crippen LogP contribution >= 0.6 is 11.3 Å². The smallest absolute Gasteiger partial charge is 0.419 e. The zero-order valence-electron chi connectivity index (χ0n) is 20.2. The van der Waals surface area contributed by atoms with Crippen molar-refractivity contribution in [1.29, 1.82) is 0 Å². The van der Waals surface area contributed by atoms with Crippen LogP contribution in [0.15, 0.2) is 30.5 Å². The predicted molar refractivity (Wildman–Crippen MR) is 133 cm³/mol. The summed E-state index contributed by atoms with van der Waals surface area (Å²) >= 11 is 1.31. The standard InChI is InChI=1S/C24H25F3N6O3S/c1-14-20(16-11-17(24(25,26)27)21(28)29-13-16)33-23(30-14)37-22(31-33)15-3-4-18(19(12-15)34-2)36-10-7-32-5-8-35-9-6-32/h3-4,11-13H,5-10H2,1-2H3,(H2,28,29). The summed E-state index contributed by atoms with van der Waals surface area (Å²) in [5.41, 5.74) is 6.42. The van der Waals surface area contributed by atoms with Crippen molar-refractivity contribution >= 4 is 22.1 Å². The number of halogens is 3. The molecule has 37 heavy (non-hydrogen) atoms. The number of rotatable bonds is 7. The van der Waals surface area contributed by atoms with E-state index in [4.69, 9.17) is 19.9 Å². The molecule has 4 aromatic rings. The number of methoxy groups -OCH3 is 1.